The van der Waals surface area contributed by atoms with Crippen molar-refractivity contribution < 1.29 is 14.3 Å². The predicted octanol–water partition coefficient (Wildman–Crippen LogP) is 1.37. The number of esters is 2. The molecule has 0 amide bonds. The number of fused-ring (bicyclic) bond motifs is 1. The van der Waals surface area contributed by atoms with Gasteiger partial charge in [-0.05, 0) is 24.7 Å². The van der Waals surface area contributed by atoms with E-state index < -0.39 is 0 Å². The second kappa shape index (κ2) is 2.82. The number of carbonyl (C=O) groups excluding carboxylic acids is 2. The molecule has 2 rings (SSSR count). The quantitative estimate of drug-likeness (QED) is 0.419. The lowest BCUT2D eigenvalue weighted by Crippen LogP contribution is -2.40. The van der Waals surface area contributed by atoms with Crippen molar-refractivity contribution in [1.82, 2.24) is 0 Å². The van der Waals surface area contributed by atoms with Crippen molar-refractivity contribution in [3.8, 4) is 0 Å². The van der Waals surface area contributed by atoms with Crippen molar-refractivity contribution >= 4 is 11.9 Å². The van der Waals surface area contributed by atoms with E-state index in [1.165, 1.54) is 0 Å². The van der Waals surface area contributed by atoms with Crippen LogP contribution in [0.25, 0.3) is 0 Å². The molecule has 0 bridgehead atoms. The van der Waals surface area contributed by atoms with E-state index in [0.29, 0.717) is 5.92 Å². The van der Waals surface area contributed by atoms with Crippen molar-refractivity contribution in [3.05, 3.63) is 0 Å². The van der Waals surface area contributed by atoms with Gasteiger partial charge in [-0.1, -0.05) is 13.8 Å². The van der Waals surface area contributed by atoms with Crippen molar-refractivity contribution in [3.63, 3.8) is 0 Å². The molecule has 1 aliphatic carbocycles. The van der Waals surface area contributed by atoms with Gasteiger partial charge in [-0.25, -0.2) is 0 Å². The summed E-state index contributed by atoms with van der Waals surface area (Å²) in [5.74, 6) is -0.115. The van der Waals surface area contributed by atoms with Gasteiger partial charge in [0.15, 0.2) is 0 Å². The molecular formula is C10H14O3. The topological polar surface area (TPSA) is 43.4 Å². The zero-order valence-electron chi connectivity index (χ0n) is 7.95. The molecule has 0 aromatic heterocycles. The average Bonchev–Trinajstić information content (AvgIpc) is 2.44. The molecule has 1 saturated heterocycles. The van der Waals surface area contributed by atoms with Crippen LogP contribution in [0.1, 0.15) is 26.7 Å². The Hall–Kier alpha value is -0.860. The molecule has 0 spiro atoms. The summed E-state index contributed by atoms with van der Waals surface area (Å²) in [6.45, 7) is 3.93. The number of hydrogen-bond acceptors (Lipinski definition) is 3. The Balaban J connectivity index is 2.26. The van der Waals surface area contributed by atoms with E-state index >= 15 is 0 Å². The minimum absolute atomic E-state index is 0.0206. The van der Waals surface area contributed by atoms with E-state index in [1.54, 1.807) is 0 Å². The van der Waals surface area contributed by atoms with Gasteiger partial charge in [0, 0.05) is 0 Å². The number of cyclic esters (lactones) is 2. The van der Waals surface area contributed by atoms with Gasteiger partial charge in [-0.3, -0.25) is 9.59 Å². The van der Waals surface area contributed by atoms with Crippen molar-refractivity contribution in [2.45, 2.75) is 26.7 Å². The highest BCUT2D eigenvalue weighted by Crippen LogP contribution is 2.44. The summed E-state index contributed by atoms with van der Waals surface area (Å²) in [7, 11) is 0. The van der Waals surface area contributed by atoms with E-state index in [9.17, 15) is 9.59 Å². The third-order valence-corrected chi connectivity index (χ3v) is 3.52. The lowest BCUT2D eigenvalue weighted by molar-refractivity contribution is -0.175. The Bertz CT molecular complexity index is 259. The summed E-state index contributed by atoms with van der Waals surface area (Å²) in [4.78, 5) is 22.6. The molecule has 1 heterocycles. The first-order chi connectivity index (χ1) is 6.11. The van der Waals surface area contributed by atoms with E-state index in [-0.39, 0.29) is 29.7 Å². The zero-order valence-corrected chi connectivity index (χ0v) is 7.95. The van der Waals surface area contributed by atoms with Crippen molar-refractivity contribution in [1.29, 1.82) is 0 Å². The van der Waals surface area contributed by atoms with Gasteiger partial charge in [0.1, 0.15) is 0 Å². The summed E-state index contributed by atoms with van der Waals surface area (Å²) >= 11 is 0. The number of ether oxygens (including phenoxy) is 1. The van der Waals surface area contributed by atoms with Gasteiger partial charge in [-0.15, -0.1) is 0 Å². The van der Waals surface area contributed by atoms with E-state index in [0.717, 1.165) is 12.8 Å². The van der Waals surface area contributed by atoms with Crippen LogP contribution in [0, 0.1) is 23.7 Å². The molecule has 3 nitrogen and oxygen atoms in total. The Morgan fingerprint density at radius 3 is 2.54 bits per heavy atom. The Morgan fingerprint density at radius 1 is 1.15 bits per heavy atom. The summed E-state index contributed by atoms with van der Waals surface area (Å²) in [6.07, 6.45) is 2.04. The van der Waals surface area contributed by atoms with Crippen LogP contribution in [0.4, 0.5) is 0 Å². The van der Waals surface area contributed by atoms with E-state index in [2.05, 4.69) is 6.92 Å². The second-order valence-corrected chi connectivity index (χ2v) is 4.27. The van der Waals surface area contributed by atoms with Crippen LogP contribution < -0.4 is 0 Å². The lowest BCUT2D eigenvalue weighted by atomic mass is 9.80. The maximum atomic E-state index is 11.4. The maximum absolute atomic E-state index is 11.4. The van der Waals surface area contributed by atoms with Crippen LogP contribution in [-0.2, 0) is 14.3 Å². The number of rotatable bonds is 0. The number of carbonyl (C=O) groups is 2. The van der Waals surface area contributed by atoms with Gasteiger partial charge >= 0.3 is 11.9 Å². The van der Waals surface area contributed by atoms with Crippen LogP contribution in [0.5, 0.6) is 0 Å². The molecule has 72 valence electrons. The first-order valence-corrected chi connectivity index (χ1v) is 4.87. The molecule has 2 fully saturated rings. The molecule has 4 atom stereocenters. The molecule has 1 saturated carbocycles. The minimum atomic E-state index is -0.333. The summed E-state index contributed by atoms with van der Waals surface area (Å²) < 4.78 is 4.70. The molecule has 0 aromatic carbocycles. The fourth-order valence-corrected chi connectivity index (χ4v) is 2.64. The smallest absolute Gasteiger partial charge is 0.317 e. The molecular weight excluding hydrogens is 168 g/mol. The van der Waals surface area contributed by atoms with Gasteiger partial charge in [0.05, 0.1) is 11.8 Å². The Labute approximate surface area is 77.4 Å². The molecule has 2 aliphatic rings. The normalized spacial score (nSPS) is 44.5. The summed E-state index contributed by atoms with van der Waals surface area (Å²) in [5.41, 5.74) is 0. The highest BCUT2D eigenvalue weighted by molar-refractivity contribution is 5.91. The van der Waals surface area contributed by atoms with Crippen LogP contribution in [0.2, 0.25) is 0 Å². The maximum Gasteiger partial charge on any atom is 0.317 e. The van der Waals surface area contributed by atoms with Gasteiger partial charge in [0.25, 0.3) is 0 Å². The standard InChI is InChI=1S/C10H14O3/c1-5-3-4-7-6(2)9(11)13-10(12)8(5)7/h5-8H,3-4H2,1-2H3. The lowest BCUT2D eigenvalue weighted by Gasteiger charge is -2.29. The van der Waals surface area contributed by atoms with Gasteiger partial charge < -0.3 is 4.74 Å². The highest BCUT2D eigenvalue weighted by Gasteiger charge is 2.49. The molecule has 3 heteroatoms. The van der Waals surface area contributed by atoms with E-state index in [1.807, 2.05) is 6.92 Å². The van der Waals surface area contributed by atoms with Crippen LogP contribution in [0.15, 0.2) is 0 Å². The summed E-state index contributed by atoms with van der Waals surface area (Å²) in [5, 5.41) is 0. The third kappa shape index (κ3) is 1.18. The molecule has 0 radical (unpaired) electrons. The molecule has 4 unspecified atom stereocenters. The second-order valence-electron chi connectivity index (χ2n) is 4.27. The summed E-state index contributed by atoms with van der Waals surface area (Å²) in [6, 6.07) is 0. The van der Waals surface area contributed by atoms with Crippen LogP contribution in [0.3, 0.4) is 0 Å². The largest absolute Gasteiger partial charge is 0.393 e. The highest BCUT2D eigenvalue weighted by atomic mass is 16.6. The van der Waals surface area contributed by atoms with Crippen molar-refractivity contribution in [2.75, 3.05) is 0 Å². The third-order valence-electron chi connectivity index (χ3n) is 3.52. The van der Waals surface area contributed by atoms with E-state index in [4.69, 9.17) is 4.74 Å². The first kappa shape index (κ1) is 8.73. The molecule has 13 heavy (non-hydrogen) atoms. The molecule has 0 N–H and O–H groups in total. The fraction of sp³-hybridized carbons (Fsp3) is 0.800. The van der Waals surface area contributed by atoms with Gasteiger partial charge in [-0.2, -0.15) is 0 Å². The first-order valence-electron chi connectivity index (χ1n) is 4.87. The van der Waals surface area contributed by atoms with Crippen LogP contribution >= 0.6 is 0 Å². The number of hydrogen-bond donors (Lipinski definition) is 0. The average molecular weight is 182 g/mol. The predicted molar refractivity (Wildman–Crippen MR) is 45.6 cm³/mol. The fourth-order valence-electron chi connectivity index (χ4n) is 2.64. The molecule has 1 aliphatic heterocycles. The minimum Gasteiger partial charge on any atom is -0.393 e. The van der Waals surface area contributed by atoms with Crippen LogP contribution in [-0.4, -0.2) is 11.9 Å². The monoisotopic (exact) mass is 182 g/mol. The van der Waals surface area contributed by atoms with Crippen molar-refractivity contribution in [2.24, 2.45) is 23.7 Å². The molecule has 0 aromatic rings. The zero-order chi connectivity index (χ0) is 9.59. The van der Waals surface area contributed by atoms with Gasteiger partial charge in [0.2, 0.25) is 0 Å². The Morgan fingerprint density at radius 2 is 1.85 bits per heavy atom. The Kier molecular flexibility index (Phi) is 1.90. The SMILES string of the molecule is CC1CCC2C(C)C(=O)OC(=O)C12.